The minimum Gasteiger partial charge on any atom is -0.467 e. The fourth-order valence-corrected chi connectivity index (χ4v) is 2.34. The fourth-order valence-electron chi connectivity index (χ4n) is 2.34. The summed E-state index contributed by atoms with van der Waals surface area (Å²) in [6.07, 6.45) is 3.82. The lowest BCUT2D eigenvalue weighted by Crippen LogP contribution is -2.27. The molecule has 0 saturated carbocycles. The number of benzene rings is 1. The SMILES string of the molecule is CCC(CC)NCc1cccc(C(=O)NCc2ccco2)c1. The van der Waals surface area contributed by atoms with Gasteiger partial charge in [-0.3, -0.25) is 4.79 Å². The Morgan fingerprint density at radius 2 is 1.95 bits per heavy atom. The first-order chi connectivity index (χ1) is 10.7. The lowest BCUT2D eigenvalue weighted by atomic mass is 10.1. The molecule has 0 atom stereocenters. The van der Waals surface area contributed by atoms with Crippen LogP contribution in [0, 0.1) is 0 Å². The van der Waals surface area contributed by atoms with Crippen molar-refractivity contribution >= 4 is 5.91 Å². The molecule has 2 aromatic rings. The Hall–Kier alpha value is -2.07. The van der Waals surface area contributed by atoms with E-state index in [1.807, 2.05) is 36.4 Å². The van der Waals surface area contributed by atoms with Crippen molar-refractivity contribution in [1.82, 2.24) is 10.6 Å². The number of nitrogens with one attached hydrogen (secondary N) is 2. The van der Waals surface area contributed by atoms with Crippen LogP contribution in [-0.2, 0) is 13.1 Å². The van der Waals surface area contributed by atoms with Gasteiger partial charge in [-0.05, 0) is 42.7 Å². The fraction of sp³-hybridized carbons (Fsp3) is 0.389. The van der Waals surface area contributed by atoms with Crippen LogP contribution < -0.4 is 10.6 Å². The zero-order valence-corrected chi connectivity index (χ0v) is 13.3. The molecule has 2 rings (SSSR count). The maximum absolute atomic E-state index is 12.2. The maximum atomic E-state index is 12.2. The van der Waals surface area contributed by atoms with Gasteiger partial charge in [0.25, 0.3) is 5.91 Å². The topological polar surface area (TPSA) is 54.3 Å². The van der Waals surface area contributed by atoms with Crippen molar-refractivity contribution in [2.24, 2.45) is 0 Å². The number of rotatable bonds is 8. The van der Waals surface area contributed by atoms with Crippen LogP contribution in [0.2, 0.25) is 0 Å². The molecule has 22 heavy (non-hydrogen) atoms. The van der Waals surface area contributed by atoms with Crippen LogP contribution in [0.25, 0.3) is 0 Å². The molecule has 4 nitrogen and oxygen atoms in total. The first-order valence-electron chi connectivity index (χ1n) is 7.85. The molecule has 1 aromatic heterocycles. The van der Waals surface area contributed by atoms with Crippen molar-refractivity contribution in [2.45, 2.75) is 45.8 Å². The molecule has 0 aliphatic carbocycles. The summed E-state index contributed by atoms with van der Waals surface area (Å²) in [6.45, 7) is 5.55. The van der Waals surface area contributed by atoms with Crippen molar-refractivity contribution in [3.63, 3.8) is 0 Å². The Bertz CT molecular complexity index is 575. The molecular formula is C18H24N2O2. The third kappa shape index (κ3) is 4.74. The van der Waals surface area contributed by atoms with Gasteiger partial charge in [0.2, 0.25) is 0 Å². The monoisotopic (exact) mass is 300 g/mol. The second-order valence-corrected chi connectivity index (χ2v) is 5.36. The van der Waals surface area contributed by atoms with Crippen LogP contribution in [0.5, 0.6) is 0 Å². The van der Waals surface area contributed by atoms with Crippen LogP contribution in [0.3, 0.4) is 0 Å². The zero-order chi connectivity index (χ0) is 15.8. The van der Waals surface area contributed by atoms with Gasteiger partial charge in [-0.1, -0.05) is 26.0 Å². The first-order valence-corrected chi connectivity index (χ1v) is 7.85. The second-order valence-electron chi connectivity index (χ2n) is 5.36. The number of carbonyl (C=O) groups is 1. The zero-order valence-electron chi connectivity index (χ0n) is 13.3. The summed E-state index contributed by atoms with van der Waals surface area (Å²) in [6, 6.07) is 11.9. The minimum atomic E-state index is -0.0826. The van der Waals surface area contributed by atoms with Gasteiger partial charge in [0, 0.05) is 18.2 Å². The Kier molecular flexibility index (Phi) is 6.22. The van der Waals surface area contributed by atoms with Crippen molar-refractivity contribution in [3.8, 4) is 0 Å². The normalized spacial score (nSPS) is 10.9. The third-order valence-electron chi connectivity index (χ3n) is 3.77. The van der Waals surface area contributed by atoms with Gasteiger partial charge < -0.3 is 15.1 Å². The molecular weight excluding hydrogens is 276 g/mol. The van der Waals surface area contributed by atoms with Crippen molar-refractivity contribution in [2.75, 3.05) is 0 Å². The van der Waals surface area contributed by atoms with Gasteiger partial charge in [0.1, 0.15) is 5.76 Å². The summed E-state index contributed by atoms with van der Waals surface area (Å²) in [7, 11) is 0. The highest BCUT2D eigenvalue weighted by Gasteiger charge is 2.08. The number of hydrogen-bond donors (Lipinski definition) is 2. The van der Waals surface area contributed by atoms with Crippen LogP contribution in [0.1, 0.15) is 48.4 Å². The van der Waals surface area contributed by atoms with Crippen molar-refractivity contribution < 1.29 is 9.21 Å². The summed E-state index contributed by atoms with van der Waals surface area (Å²) in [5.74, 6) is 0.667. The van der Waals surface area contributed by atoms with E-state index in [-0.39, 0.29) is 5.91 Å². The van der Waals surface area contributed by atoms with E-state index in [9.17, 15) is 4.79 Å². The average Bonchev–Trinajstić information content (AvgIpc) is 3.07. The minimum absolute atomic E-state index is 0.0826. The smallest absolute Gasteiger partial charge is 0.251 e. The van der Waals surface area contributed by atoms with E-state index in [0.29, 0.717) is 18.2 Å². The van der Waals surface area contributed by atoms with Crippen LogP contribution in [-0.4, -0.2) is 11.9 Å². The van der Waals surface area contributed by atoms with Gasteiger partial charge in [-0.15, -0.1) is 0 Å². The molecule has 0 bridgehead atoms. The Morgan fingerprint density at radius 1 is 1.14 bits per heavy atom. The van der Waals surface area contributed by atoms with E-state index in [4.69, 9.17) is 4.42 Å². The number of carbonyl (C=O) groups excluding carboxylic acids is 1. The number of furan rings is 1. The molecule has 0 spiro atoms. The summed E-state index contributed by atoms with van der Waals surface area (Å²) < 4.78 is 5.21. The van der Waals surface area contributed by atoms with Gasteiger partial charge in [-0.25, -0.2) is 0 Å². The van der Waals surface area contributed by atoms with E-state index in [0.717, 1.165) is 30.7 Å². The molecule has 0 unspecified atom stereocenters. The third-order valence-corrected chi connectivity index (χ3v) is 3.77. The maximum Gasteiger partial charge on any atom is 0.251 e. The molecule has 0 aliphatic heterocycles. The molecule has 2 N–H and O–H groups in total. The predicted octanol–water partition coefficient (Wildman–Crippen LogP) is 3.49. The van der Waals surface area contributed by atoms with Gasteiger partial charge >= 0.3 is 0 Å². The summed E-state index contributed by atoms with van der Waals surface area (Å²) in [5.41, 5.74) is 1.80. The Morgan fingerprint density at radius 3 is 2.64 bits per heavy atom. The van der Waals surface area contributed by atoms with Crippen molar-refractivity contribution in [1.29, 1.82) is 0 Å². The molecule has 1 heterocycles. The molecule has 118 valence electrons. The molecule has 1 aromatic carbocycles. The standard InChI is InChI=1S/C18H24N2O2/c1-3-16(4-2)19-12-14-7-5-8-15(11-14)18(21)20-13-17-9-6-10-22-17/h5-11,16,19H,3-4,12-13H2,1-2H3,(H,20,21). The van der Waals surface area contributed by atoms with Crippen LogP contribution in [0.4, 0.5) is 0 Å². The van der Waals surface area contributed by atoms with Crippen LogP contribution in [0.15, 0.2) is 47.1 Å². The number of hydrogen-bond acceptors (Lipinski definition) is 3. The van der Waals surface area contributed by atoms with E-state index in [1.165, 1.54) is 0 Å². The highest BCUT2D eigenvalue weighted by molar-refractivity contribution is 5.94. The lowest BCUT2D eigenvalue weighted by molar-refractivity contribution is 0.0948. The quantitative estimate of drug-likeness (QED) is 0.784. The Labute approximate surface area is 131 Å². The second kappa shape index (κ2) is 8.39. The molecule has 0 radical (unpaired) electrons. The molecule has 0 fully saturated rings. The summed E-state index contributed by atoms with van der Waals surface area (Å²) in [4.78, 5) is 12.2. The van der Waals surface area contributed by atoms with Gasteiger partial charge in [-0.2, -0.15) is 0 Å². The highest BCUT2D eigenvalue weighted by atomic mass is 16.3. The molecule has 1 amide bonds. The van der Waals surface area contributed by atoms with Crippen molar-refractivity contribution in [3.05, 3.63) is 59.5 Å². The van der Waals surface area contributed by atoms with Gasteiger partial charge in [0.15, 0.2) is 0 Å². The average molecular weight is 300 g/mol. The Balaban J connectivity index is 1.91. The predicted molar refractivity (Wildman–Crippen MR) is 87.5 cm³/mol. The van der Waals surface area contributed by atoms with E-state index >= 15 is 0 Å². The van der Waals surface area contributed by atoms with E-state index in [1.54, 1.807) is 6.26 Å². The summed E-state index contributed by atoms with van der Waals surface area (Å²) in [5, 5.41) is 6.37. The van der Waals surface area contributed by atoms with E-state index in [2.05, 4.69) is 24.5 Å². The molecule has 4 heteroatoms. The molecule has 0 aliphatic rings. The first kappa shape index (κ1) is 16.3. The van der Waals surface area contributed by atoms with Crippen LogP contribution >= 0.6 is 0 Å². The summed E-state index contributed by atoms with van der Waals surface area (Å²) >= 11 is 0. The van der Waals surface area contributed by atoms with Gasteiger partial charge in [0.05, 0.1) is 12.8 Å². The highest BCUT2D eigenvalue weighted by Crippen LogP contribution is 2.08. The largest absolute Gasteiger partial charge is 0.467 e. The molecule has 0 saturated heterocycles. The number of amides is 1. The van der Waals surface area contributed by atoms with E-state index < -0.39 is 0 Å². The lowest BCUT2D eigenvalue weighted by Gasteiger charge is -2.15.